The number of aromatic nitrogens is 2. The Labute approximate surface area is 169 Å². The second-order valence-corrected chi connectivity index (χ2v) is 6.68. The highest BCUT2D eigenvalue weighted by molar-refractivity contribution is 6.06. The fourth-order valence-corrected chi connectivity index (χ4v) is 3.01. The molecule has 152 valence electrons. The molecule has 30 heavy (non-hydrogen) atoms. The Morgan fingerprint density at radius 2 is 2.03 bits per heavy atom. The molecule has 9 heteroatoms. The van der Waals surface area contributed by atoms with Crippen LogP contribution >= 0.6 is 0 Å². The van der Waals surface area contributed by atoms with E-state index in [4.69, 9.17) is 4.42 Å². The lowest BCUT2D eigenvalue weighted by Gasteiger charge is -2.17. The van der Waals surface area contributed by atoms with Crippen molar-refractivity contribution in [3.05, 3.63) is 83.6 Å². The van der Waals surface area contributed by atoms with Crippen LogP contribution in [-0.2, 0) is 6.54 Å². The number of fused-ring (bicyclic) bond motifs is 1. The van der Waals surface area contributed by atoms with Crippen LogP contribution in [0.4, 0.5) is 14.5 Å². The highest BCUT2D eigenvalue weighted by Crippen LogP contribution is 2.22. The monoisotopic (exact) mass is 410 g/mol. The van der Waals surface area contributed by atoms with Crippen LogP contribution < -0.4 is 5.32 Å². The lowest BCUT2D eigenvalue weighted by molar-refractivity contribution is 0.0779. The van der Waals surface area contributed by atoms with E-state index in [-0.39, 0.29) is 23.5 Å². The van der Waals surface area contributed by atoms with Gasteiger partial charge in [0.15, 0.2) is 0 Å². The van der Waals surface area contributed by atoms with Crippen molar-refractivity contribution in [3.8, 4) is 0 Å². The second-order valence-electron chi connectivity index (χ2n) is 6.68. The molecular weight excluding hydrogens is 394 g/mol. The summed E-state index contributed by atoms with van der Waals surface area (Å²) in [6, 6.07) is 8.18. The summed E-state index contributed by atoms with van der Waals surface area (Å²) < 4.78 is 33.5. The van der Waals surface area contributed by atoms with Crippen LogP contribution in [-0.4, -0.2) is 33.7 Å². The summed E-state index contributed by atoms with van der Waals surface area (Å²) >= 11 is 0. The Morgan fingerprint density at radius 3 is 2.77 bits per heavy atom. The van der Waals surface area contributed by atoms with Crippen molar-refractivity contribution >= 4 is 28.5 Å². The van der Waals surface area contributed by atoms with E-state index in [1.165, 1.54) is 30.5 Å². The molecule has 0 atom stereocenters. The zero-order chi connectivity index (χ0) is 21.3. The predicted molar refractivity (Wildman–Crippen MR) is 105 cm³/mol. The molecule has 0 bridgehead atoms. The molecule has 0 spiro atoms. The van der Waals surface area contributed by atoms with E-state index in [9.17, 15) is 18.4 Å². The number of aromatic amines is 1. The van der Waals surface area contributed by atoms with E-state index < -0.39 is 23.4 Å². The van der Waals surface area contributed by atoms with Crippen LogP contribution in [0, 0.1) is 11.6 Å². The number of H-pyrrole nitrogens is 1. The van der Waals surface area contributed by atoms with Gasteiger partial charge < -0.3 is 19.6 Å². The van der Waals surface area contributed by atoms with Gasteiger partial charge in [-0.15, -0.1) is 0 Å². The van der Waals surface area contributed by atoms with Crippen LogP contribution in [0.15, 0.2) is 59.5 Å². The summed E-state index contributed by atoms with van der Waals surface area (Å²) in [7, 11) is 1.48. The number of benzene rings is 1. The average Bonchev–Trinajstić information content (AvgIpc) is 3.38. The van der Waals surface area contributed by atoms with Crippen molar-refractivity contribution < 1.29 is 22.8 Å². The number of carbonyl (C=O) groups is 2. The lowest BCUT2D eigenvalue weighted by atomic mass is 10.1. The first kappa shape index (κ1) is 19.3. The van der Waals surface area contributed by atoms with Gasteiger partial charge in [0.2, 0.25) is 0 Å². The van der Waals surface area contributed by atoms with Crippen LogP contribution in [0.1, 0.15) is 26.4 Å². The molecular formula is C21H16F2N4O3. The average molecular weight is 410 g/mol. The van der Waals surface area contributed by atoms with Gasteiger partial charge in [-0.3, -0.25) is 14.6 Å². The molecule has 0 unspecified atom stereocenters. The molecule has 0 saturated carbocycles. The fourth-order valence-electron chi connectivity index (χ4n) is 3.01. The fraction of sp³-hybridized carbons (Fsp3) is 0.0952. The van der Waals surface area contributed by atoms with E-state index in [2.05, 4.69) is 15.3 Å². The van der Waals surface area contributed by atoms with E-state index in [1.54, 1.807) is 24.4 Å². The quantitative estimate of drug-likeness (QED) is 0.521. The standard InChI is InChI=1S/C21H16F2N4O3/c1-27(10-12-4-6-30-11-12)21(29)13-7-17(15(23)8-14(13)22)26-20(28)19-9-18-16(25-19)3-2-5-24-18/h2-9,11,25H,10H2,1H3,(H,26,28). The van der Waals surface area contributed by atoms with E-state index >= 15 is 0 Å². The van der Waals surface area contributed by atoms with Gasteiger partial charge in [0.1, 0.15) is 17.3 Å². The first-order valence-electron chi connectivity index (χ1n) is 8.93. The molecule has 1 aromatic carbocycles. The summed E-state index contributed by atoms with van der Waals surface area (Å²) in [6.07, 6.45) is 4.50. The first-order chi connectivity index (χ1) is 14.4. The van der Waals surface area contributed by atoms with Gasteiger partial charge in [-0.25, -0.2) is 8.78 Å². The van der Waals surface area contributed by atoms with Crippen LogP contribution in [0.3, 0.4) is 0 Å². The van der Waals surface area contributed by atoms with E-state index in [1.807, 2.05) is 0 Å². The Kier molecular flexibility index (Phi) is 5.01. The SMILES string of the molecule is CN(Cc1ccoc1)C(=O)c1cc(NC(=O)c2cc3ncccc3[nH]2)c(F)cc1F. The van der Waals surface area contributed by atoms with Crippen molar-refractivity contribution in [1.82, 2.24) is 14.9 Å². The minimum atomic E-state index is -1.02. The van der Waals surface area contributed by atoms with Crippen LogP contribution in [0.25, 0.3) is 11.0 Å². The minimum Gasteiger partial charge on any atom is -0.472 e. The topological polar surface area (TPSA) is 91.2 Å². The third-order valence-corrected chi connectivity index (χ3v) is 4.52. The van der Waals surface area contributed by atoms with Gasteiger partial charge in [-0.2, -0.15) is 0 Å². The summed E-state index contributed by atoms with van der Waals surface area (Å²) in [4.78, 5) is 33.4. The van der Waals surface area contributed by atoms with Crippen LogP contribution in [0.5, 0.6) is 0 Å². The molecule has 0 aliphatic carbocycles. The third-order valence-electron chi connectivity index (χ3n) is 4.52. The van der Waals surface area contributed by atoms with Gasteiger partial charge in [0.25, 0.3) is 11.8 Å². The smallest absolute Gasteiger partial charge is 0.272 e. The van der Waals surface area contributed by atoms with E-state index in [0.717, 1.165) is 6.07 Å². The minimum absolute atomic E-state index is 0.150. The Morgan fingerprint density at radius 1 is 1.20 bits per heavy atom. The number of furan rings is 1. The van der Waals surface area contributed by atoms with Gasteiger partial charge in [0.05, 0.1) is 34.8 Å². The molecule has 4 rings (SSSR count). The Balaban J connectivity index is 1.57. The zero-order valence-corrected chi connectivity index (χ0v) is 15.8. The summed E-state index contributed by atoms with van der Waals surface area (Å²) in [5, 5.41) is 2.37. The maximum absolute atomic E-state index is 14.3. The number of anilines is 1. The molecule has 2 amide bonds. The molecule has 3 aromatic heterocycles. The number of nitrogens with one attached hydrogen (secondary N) is 2. The van der Waals surface area contributed by atoms with Crippen molar-refractivity contribution in [3.63, 3.8) is 0 Å². The number of amides is 2. The van der Waals surface area contributed by atoms with Crippen molar-refractivity contribution in [1.29, 1.82) is 0 Å². The largest absolute Gasteiger partial charge is 0.472 e. The molecule has 7 nitrogen and oxygen atoms in total. The van der Waals surface area contributed by atoms with Gasteiger partial charge in [-0.05, 0) is 30.3 Å². The molecule has 3 heterocycles. The highest BCUT2D eigenvalue weighted by atomic mass is 19.1. The number of rotatable bonds is 5. The molecule has 2 N–H and O–H groups in total. The molecule has 0 aliphatic heterocycles. The summed E-state index contributed by atoms with van der Waals surface area (Å²) in [5.41, 5.74) is 1.40. The molecule has 0 fully saturated rings. The maximum atomic E-state index is 14.3. The number of pyridine rings is 1. The lowest BCUT2D eigenvalue weighted by Crippen LogP contribution is -2.27. The van der Waals surface area contributed by atoms with Crippen molar-refractivity contribution in [2.45, 2.75) is 6.54 Å². The summed E-state index contributed by atoms with van der Waals surface area (Å²) in [5.74, 6) is -3.34. The number of carbonyl (C=O) groups excluding carboxylic acids is 2. The first-order valence-corrected chi connectivity index (χ1v) is 8.93. The van der Waals surface area contributed by atoms with Crippen LogP contribution in [0.2, 0.25) is 0 Å². The third kappa shape index (κ3) is 3.77. The Hall–Kier alpha value is -4.01. The second kappa shape index (κ2) is 7.78. The normalized spacial score (nSPS) is 10.9. The van der Waals surface area contributed by atoms with Gasteiger partial charge >= 0.3 is 0 Å². The molecule has 0 radical (unpaired) electrons. The number of hydrogen-bond donors (Lipinski definition) is 2. The van der Waals surface area contributed by atoms with Gasteiger partial charge in [-0.1, -0.05) is 0 Å². The van der Waals surface area contributed by atoms with E-state index in [0.29, 0.717) is 22.7 Å². The summed E-state index contributed by atoms with van der Waals surface area (Å²) in [6.45, 7) is 0.176. The Bertz CT molecular complexity index is 1200. The number of halogens is 2. The number of nitrogens with zero attached hydrogens (tertiary/aromatic N) is 2. The van der Waals surface area contributed by atoms with Crippen molar-refractivity contribution in [2.24, 2.45) is 0 Å². The highest BCUT2D eigenvalue weighted by Gasteiger charge is 2.21. The van der Waals surface area contributed by atoms with Gasteiger partial charge in [0, 0.05) is 31.4 Å². The zero-order valence-electron chi connectivity index (χ0n) is 15.8. The molecule has 0 saturated heterocycles. The molecule has 4 aromatic rings. The maximum Gasteiger partial charge on any atom is 0.272 e. The number of hydrogen-bond acceptors (Lipinski definition) is 4. The predicted octanol–water partition coefficient (Wildman–Crippen LogP) is 3.96. The van der Waals surface area contributed by atoms with Crippen molar-refractivity contribution in [2.75, 3.05) is 12.4 Å². The molecule has 0 aliphatic rings.